The number of hydrogen-bond acceptors (Lipinski definition) is 3. The summed E-state index contributed by atoms with van der Waals surface area (Å²) in [6, 6.07) is 6.92. The summed E-state index contributed by atoms with van der Waals surface area (Å²) in [6.07, 6.45) is 1.42. The molecular formula is C14H17N2O3+. The summed E-state index contributed by atoms with van der Waals surface area (Å²) in [6.45, 7) is 1.85. The van der Waals surface area contributed by atoms with Crippen molar-refractivity contribution in [3.63, 3.8) is 0 Å². The number of amides is 2. The molecule has 1 saturated heterocycles. The molecule has 0 spiro atoms. The number of likely N-dealkylation sites (tertiary alicyclic amines) is 1. The minimum Gasteiger partial charge on any atom is -0.387 e. The van der Waals surface area contributed by atoms with E-state index in [4.69, 9.17) is 0 Å². The van der Waals surface area contributed by atoms with Gasteiger partial charge < -0.3 is 10.0 Å². The van der Waals surface area contributed by atoms with Crippen LogP contribution in [-0.2, 0) is 0 Å². The van der Waals surface area contributed by atoms with Crippen molar-refractivity contribution in [2.45, 2.75) is 18.9 Å². The molecule has 2 aliphatic heterocycles. The molecule has 5 heteroatoms. The number of aliphatic hydroxyl groups is 1. The Kier molecular flexibility index (Phi) is 3.08. The minimum absolute atomic E-state index is 0.215. The average Bonchev–Trinajstić information content (AvgIpc) is 2.65. The van der Waals surface area contributed by atoms with E-state index in [9.17, 15) is 14.7 Å². The van der Waals surface area contributed by atoms with E-state index in [1.165, 1.54) is 4.90 Å². The van der Waals surface area contributed by atoms with Gasteiger partial charge in [0, 0.05) is 0 Å². The van der Waals surface area contributed by atoms with Crippen LogP contribution in [0.2, 0.25) is 0 Å². The quantitative estimate of drug-likeness (QED) is 0.691. The number of carbonyl (C=O) groups excluding carboxylic acids is 2. The van der Waals surface area contributed by atoms with Crippen LogP contribution in [0.5, 0.6) is 0 Å². The molecule has 0 aliphatic carbocycles. The molecule has 2 heterocycles. The molecule has 0 saturated carbocycles. The van der Waals surface area contributed by atoms with E-state index >= 15 is 0 Å². The highest BCUT2D eigenvalue weighted by atomic mass is 16.3. The number of piperidine rings is 1. The number of imide groups is 1. The number of aliphatic hydroxyl groups excluding tert-OH is 1. The summed E-state index contributed by atoms with van der Waals surface area (Å²) in [7, 11) is 0. The van der Waals surface area contributed by atoms with Crippen LogP contribution in [0.4, 0.5) is 0 Å². The van der Waals surface area contributed by atoms with Crippen molar-refractivity contribution in [1.82, 2.24) is 4.90 Å². The topological polar surface area (TPSA) is 62.0 Å². The summed E-state index contributed by atoms with van der Waals surface area (Å²) in [4.78, 5) is 26.8. The third-order valence-corrected chi connectivity index (χ3v) is 3.85. The maximum atomic E-state index is 12.2. The smallest absolute Gasteiger partial charge is 0.265 e. The van der Waals surface area contributed by atoms with Crippen molar-refractivity contribution in [3.05, 3.63) is 35.4 Å². The van der Waals surface area contributed by atoms with Crippen LogP contribution in [0.25, 0.3) is 0 Å². The predicted molar refractivity (Wildman–Crippen MR) is 67.7 cm³/mol. The zero-order valence-corrected chi connectivity index (χ0v) is 10.6. The molecule has 1 aromatic carbocycles. The SMILES string of the molecule is O=C1c2ccccc2C(=O)N1C[NH+]1CCC[C@H](O)C1. The minimum atomic E-state index is -0.320. The Bertz CT molecular complexity index is 494. The fraction of sp³-hybridized carbons (Fsp3) is 0.429. The van der Waals surface area contributed by atoms with Gasteiger partial charge in [0.1, 0.15) is 12.6 Å². The molecule has 1 aromatic rings. The molecule has 1 unspecified atom stereocenters. The van der Waals surface area contributed by atoms with Gasteiger partial charge in [-0.3, -0.25) is 9.59 Å². The molecule has 0 bridgehead atoms. The van der Waals surface area contributed by atoms with Crippen molar-refractivity contribution in [2.24, 2.45) is 0 Å². The van der Waals surface area contributed by atoms with Gasteiger partial charge in [-0.05, 0) is 25.0 Å². The number of nitrogens with zero attached hydrogens (tertiary/aromatic N) is 1. The van der Waals surface area contributed by atoms with Gasteiger partial charge in [0.15, 0.2) is 6.67 Å². The second-order valence-corrected chi connectivity index (χ2v) is 5.24. The highest BCUT2D eigenvalue weighted by Gasteiger charge is 2.38. The van der Waals surface area contributed by atoms with Crippen LogP contribution in [0.15, 0.2) is 24.3 Å². The Balaban J connectivity index is 1.77. The first kappa shape index (κ1) is 12.3. The Labute approximate surface area is 111 Å². The zero-order valence-electron chi connectivity index (χ0n) is 10.6. The summed E-state index contributed by atoms with van der Waals surface area (Å²) in [5, 5.41) is 9.65. The summed E-state index contributed by atoms with van der Waals surface area (Å²) in [5.74, 6) is -0.429. The number of carbonyl (C=O) groups is 2. The Morgan fingerprint density at radius 3 is 2.42 bits per heavy atom. The van der Waals surface area contributed by atoms with Crippen LogP contribution in [-0.4, -0.2) is 47.7 Å². The standard InChI is InChI=1S/C14H16N2O3/c17-10-4-3-7-15(8-10)9-16-13(18)11-5-1-2-6-12(11)14(16)19/h1-2,5-6,10,17H,3-4,7-9H2/p+1/t10-/m0/s1. The average molecular weight is 261 g/mol. The molecular weight excluding hydrogens is 244 g/mol. The lowest BCUT2D eigenvalue weighted by molar-refractivity contribution is -0.915. The molecule has 19 heavy (non-hydrogen) atoms. The first-order chi connectivity index (χ1) is 9.16. The molecule has 2 atom stereocenters. The normalized spacial score (nSPS) is 26.7. The third-order valence-electron chi connectivity index (χ3n) is 3.85. The van der Waals surface area contributed by atoms with E-state index in [-0.39, 0.29) is 17.9 Å². The molecule has 100 valence electrons. The van der Waals surface area contributed by atoms with Gasteiger partial charge in [-0.1, -0.05) is 12.1 Å². The van der Waals surface area contributed by atoms with Crippen LogP contribution in [0, 0.1) is 0 Å². The second kappa shape index (κ2) is 4.75. The molecule has 0 aromatic heterocycles. The summed E-state index contributed by atoms with van der Waals surface area (Å²) in [5.41, 5.74) is 0.980. The maximum absolute atomic E-state index is 12.2. The van der Waals surface area contributed by atoms with Crippen LogP contribution in [0.3, 0.4) is 0 Å². The van der Waals surface area contributed by atoms with Gasteiger partial charge >= 0.3 is 0 Å². The number of rotatable bonds is 2. The van der Waals surface area contributed by atoms with Crippen molar-refractivity contribution in [1.29, 1.82) is 0 Å². The molecule has 5 nitrogen and oxygen atoms in total. The van der Waals surface area contributed by atoms with E-state index in [1.807, 2.05) is 0 Å². The van der Waals surface area contributed by atoms with Gasteiger partial charge in [0.25, 0.3) is 11.8 Å². The lowest BCUT2D eigenvalue weighted by Gasteiger charge is -2.29. The Morgan fingerprint density at radius 1 is 1.21 bits per heavy atom. The van der Waals surface area contributed by atoms with Crippen molar-refractivity contribution < 1.29 is 19.6 Å². The highest BCUT2D eigenvalue weighted by molar-refractivity contribution is 6.21. The number of fused-ring (bicyclic) bond motifs is 1. The van der Waals surface area contributed by atoms with Gasteiger partial charge in [0.2, 0.25) is 0 Å². The zero-order chi connectivity index (χ0) is 13.4. The summed E-state index contributed by atoms with van der Waals surface area (Å²) < 4.78 is 0. The van der Waals surface area contributed by atoms with E-state index in [0.717, 1.165) is 24.3 Å². The second-order valence-electron chi connectivity index (χ2n) is 5.24. The molecule has 2 amide bonds. The van der Waals surface area contributed by atoms with E-state index < -0.39 is 0 Å². The Hall–Kier alpha value is -1.72. The van der Waals surface area contributed by atoms with Gasteiger partial charge in [0.05, 0.1) is 17.7 Å². The van der Waals surface area contributed by atoms with E-state index in [2.05, 4.69) is 0 Å². The summed E-state index contributed by atoms with van der Waals surface area (Å²) >= 11 is 0. The van der Waals surface area contributed by atoms with Gasteiger partial charge in [-0.2, -0.15) is 0 Å². The first-order valence-corrected chi connectivity index (χ1v) is 6.63. The fourth-order valence-corrected chi connectivity index (χ4v) is 2.87. The van der Waals surface area contributed by atoms with E-state index in [0.29, 0.717) is 24.3 Å². The molecule has 2 N–H and O–H groups in total. The first-order valence-electron chi connectivity index (χ1n) is 6.63. The Morgan fingerprint density at radius 2 is 1.84 bits per heavy atom. The maximum Gasteiger partial charge on any atom is 0.265 e. The van der Waals surface area contributed by atoms with Gasteiger partial charge in [-0.15, -0.1) is 0 Å². The highest BCUT2D eigenvalue weighted by Crippen LogP contribution is 2.21. The monoisotopic (exact) mass is 261 g/mol. The van der Waals surface area contributed by atoms with Crippen LogP contribution in [0.1, 0.15) is 33.6 Å². The van der Waals surface area contributed by atoms with Crippen LogP contribution >= 0.6 is 0 Å². The number of benzene rings is 1. The molecule has 1 fully saturated rings. The third kappa shape index (κ3) is 2.15. The molecule has 0 radical (unpaired) electrons. The van der Waals surface area contributed by atoms with Crippen molar-refractivity contribution in [2.75, 3.05) is 19.8 Å². The largest absolute Gasteiger partial charge is 0.387 e. The number of quaternary nitrogens is 1. The lowest BCUT2D eigenvalue weighted by Crippen LogP contribution is -3.15. The fourth-order valence-electron chi connectivity index (χ4n) is 2.87. The predicted octanol–water partition coefficient (Wildman–Crippen LogP) is -0.720. The van der Waals surface area contributed by atoms with Crippen molar-refractivity contribution >= 4 is 11.8 Å². The molecule has 3 rings (SSSR count). The van der Waals surface area contributed by atoms with Gasteiger partial charge in [-0.25, -0.2) is 4.90 Å². The number of nitrogens with one attached hydrogen (secondary N) is 1. The van der Waals surface area contributed by atoms with Crippen LogP contribution < -0.4 is 4.90 Å². The molecule has 2 aliphatic rings. The number of hydrogen-bond donors (Lipinski definition) is 2. The van der Waals surface area contributed by atoms with Crippen molar-refractivity contribution in [3.8, 4) is 0 Å². The lowest BCUT2D eigenvalue weighted by atomic mass is 10.1. The van der Waals surface area contributed by atoms with E-state index in [1.54, 1.807) is 24.3 Å².